The molecule has 0 saturated heterocycles. The van der Waals surface area contributed by atoms with Crippen LogP contribution in [0.5, 0.6) is 0 Å². The molecular weight excluding hydrogens is 164 g/mol. The van der Waals surface area contributed by atoms with E-state index in [0.717, 1.165) is 17.1 Å². The fourth-order valence-electron chi connectivity index (χ4n) is 1.02. The maximum absolute atomic E-state index is 5.21. The molecule has 3 nitrogen and oxygen atoms in total. The van der Waals surface area contributed by atoms with Gasteiger partial charge in [0.05, 0.1) is 5.69 Å². The number of aliphatic imine (C=N–C) groups is 1. The van der Waals surface area contributed by atoms with Gasteiger partial charge < -0.3 is 4.74 Å². The summed E-state index contributed by atoms with van der Waals surface area (Å²) in [6.07, 6.45) is 3.52. The van der Waals surface area contributed by atoms with Crippen LogP contribution in [-0.2, 0) is 11.3 Å². The second-order valence-electron chi connectivity index (χ2n) is 2.42. The molecule has 0 bridgehead atoms. The number of rotatable bonds is 0. The van der Waals surface area contributed by atoms with Crippen molar-refractivity contribution in [3.05, 3.63) is 24.0 Å². The lowest BCUT2D eigenvalue weighted by molar-refractivity contribution is 0.284. The summed E-state index contributed by atoms with van der Waals surface area (Å²) in [5.74, 6) is 0.726. The maximum atomic E-state index is 5.21. The molecule has 0 fully saturated rings. The van der Waals surface area contributed by atoms with Crippen molar-refractivity contribution in [3.63, 3.8) is 0 Å². The van der Waals surface area contributed by atoms with Crippen LogP contribution in [0.4, 0.5) is 5.69 Å². The van der Waals surface area contributed by atoms with Crippen molar-refractivity contribution in [2.75, 3.05) is 0 Å². The van der Waals surface area contributed by atoms with Crippen LogP contribution in [0.3, 0.4) is 0 Å². The van der Waals surface area contributed by atoms with E-state index >= 15 is 0 Å². The van der Waals surface area contributed by atoms with Crippen LogP contribution in [0.2, 0.25) is 0 Å². The molecule has 0 unspecified atom stereocenters. The zero-order chi connectivity index (χ0) is 9.68. The van der Waals surface area contributed by atoms with Crippen LogP contribution in [0, 0.1) is 0 Å². The lowest BCUT2D eigenvalue weighted by atomic mass is 10.2. The van der Waals surface area contributed by atoms with Crippen LogP contribution in [0.25, 0.3) is 0 Å². The zero-order valence-corrected chi connectivity index (χ0v) is 8.24. The molecule has 0 aromatic carbocycles. The molecule has 13 heavy (non-hydrogen) atoms. The Morgan fingerprint density at radius 2 is 2.15 bits per heavy atom. The van der Waals surface area contributed by atoms with E-state index in [1.165, 1.54) is 0 Å². The van der Waals surface area contributed by atoms with Crippen LogP contribution in [-0.4, -0.2) is 10.9 Å². The van der Waals surface area contributed by atoms with Gasteiger partial charge in [-0.2, -0.15) is 0 Å². The molecule has 0 aliphatic carbocycles. The summed E-state index contributed by atoms with van der Waals surface area (Å²) in [4.78, 5) is 8.17. The van der Waals surface area contributed by atoms with Gasteiger partial charge in [0.25, 0.3) is 0 Å². The first-order chi connectivity index (χ1) is 6.36. The fourth-order valence-corrected chi connectivity index (χ4v) is 1.02. The van der Waals surface area contributed by atoms with Crippen molar-refractivity contribution >= 4 is 11.6 Å². The Bertz CT molecular complexity index is 308. The highest BCUT2D eigenvalue weighted by atomic mass is 16.5. The Kier molecular flexibility index (Phi) is 3.43. The topological polar surface area (TPSA) is 34.5 Å². The molecule has 1 aliphatic heterocycles. The molecule has 1 aromatic rings. The lowest BCUT2D eigenvalue weighted by Gasteiger charge is -2.12. The maximum Gasteiger partial charge on any atom is 0.185 e. The third-order valence-electron chi connectivity index (χ3n) is 1.59. The van der Waals surface area contributed by atoms with Crippen LogP contribution in [0.1, 0.15) is 26.3 Å². The molecule has 70 valence electrons. The monoisotopic (exact) mass is 178 g/mol. The molecule has 0 amide bonds. The van der Waals surface area contributed by atoms with E-state index in [9.17, 15) is 0 Å². The van der Waals surface area contributed by atoms with Crippen LogP contribution >= 0.6 is 0 Å². The molecular formula is C10H14N2O. The van der Waals surface area contributed by atoms with E-state index in [1.54, 1.807) is 12.4 Å². The van der Waals surface area contributed by atoms with Gasteiger partial charge in [-0.05, 0) is 6.07 Å². The first-order valence-corrected chi connectivity index (χ1v) is 4.47. The summed E-state index contributed by atoms with van der Waals surface area (Å²) in [6, 6.07) is 1.89. The van der Waals surface area contributed by atoms with Crippen molar-refractivity contribution in [3.8, 4) is 0 Å². The molecule has 0 N–H and O–H groups in total. The van der Waals surface area contributed by atoms with Crippen molar-refractivity contribution in [2.24, 2.45) is 4.99 Å². The van der Waals surface area contributed by atoms with Gasteiger partial charge in [0.15, 0.2) is 5.90 Å². The van der Waals surface area contributed by atoms with E-state index in [4.69, 9.17) is 4.74 Å². The number of fused-ring (bicyclic) bond motifs is 1. The third-order valence-corrected chi connectivity index (χ3v) is 1.59. The number of aromatic nitrogens is 1. The van der Waals surface area contributed by atoms with Gasteiger partial charge >= 0.3 is 0 Å². The normalized spacial score (nSPS) is 13.0. The second kappa shape index (κ2) is 4.60. The Balaban J connectivity index is 0.000000396. The average molecular weight is 178 g/mol. The van der Waals surface area contributed by atoms with Crippen molar-refractivity contribution in [1.29, 1.82) is 0 Å². The summed E-state index contributed by atoms with van der Waals surface area (Å²) >= 11 is 0. The van der Waals surface area contributed by atoms with Gasteiger partial charge in [-0.25, -0.2) is 4.99 Å². The van der Waals surface area contributed by atoms with E-state index in [-0.39, 0.29) is 0 Å². The smallest absolute Gasteiger partial charge is 0.185 e. The number of pyridine rings is 1. The largest absolute Gasteiger partial charge is 0.476 e. The second-order valence-corrected chi connectivity index (χ2v) is 2.42. The minimum absolute atomic E-state index is 0.596. The minimum Gasteiger partial charge on any atom is -0.476 e. The quantitative estimate of drug-likeness (QED) is 0.612. The molecule has 0 atom stereocenters. The molecule has 0 spiro atoms. The van der Waals surface area contributed by atoms with Gasteiger partial charge in [0, 0.05) is 24.9 Å². The summed E-state index contributed by atoms with van der Waals surface area (Å²) in [7, 11) is 0. The van der Waals surface area contributed by atoms with Crippen molar-refractivity contribution in [2.45, 2.75) is 27.4 Å². The number of ether oxygens (including phenoxy) is 1. The van der Waals surface area contributed by atoms with Gasteiger partial charge in [-0.1, -0.05) is 13.8 Å². The standard InChI is InChI=1S/C8H8N2O.C2H6/c1-6-10-8-2-3-9-4-7(8)5-11-6;1-2/h2-4H,5H2,1H3;1-2H3. The molecule has 0 radical (unpaired) electrons. The SMILES string of the molecule is CC.CC1=Nc2ccncc2CO1. The van der Waals surface area contributed by atoms with Gasteiger partial charge in [0.1, 0.15) is 6.61 Å². The molecule has 2 rings (SSSR count). The summed E-state index contributed by atoms with van der Waals surface area (Å²) in [5, 5.41) is 0. The summed E-state index contributed by atoms with van der Waals surface area (Å²) < 4.78 is 5.21. The first kappa shape index (κ1) is 9.71. The highest BCUT2D eigenvalue weighted by Gasteiger charge is 2.07. The van der Waals surface area contributed by atoms with Crippen molar-refractivity contribution < 1.29 is 4.74 Å². The summed E-state index contributed by atoms with van der Waals surface area (Å²) in [6.45, 7) is 6.45. The fraction of sp³-hybridized carbons (Fsp3) is 0.400. The molecule has 1 aliphatic rings. The highest BCUT2D eigenvalue weighted by molar-refractivity contribution is 5.78. The van der Waals surface area contributed by atoms with E-state index in [1.807, 2.05) is 26.8 Å². The molecule has 3 heteroatoms. The number of nitrogens with zero attached hydrogens (tertiary/aromatic N) is 2. The number of hydrogen-bond donors (Lipinski definition) is 0. The molecule has 0 saturated carbocycles. The van der Waals surface area contributed by atoms with Crippen LogP contribution in [0.15, 0.2) is 23.5 Å². The van der Waals surface area contributed by atoms with E-state index < -0.39 is 0 Å². The molecule has 1 aromatic heterocycles. The average Bonchev–Trinajstić information content (AvgIpc) is 2.21. The zero-order valence-electron chi connectivity index (χ0n) is 8.24. The Morgan fingerprint density at radius 1 is 1.38 bits per heavy atom. The summed E-state index contributed by atoms with van der Waals surface area (Å²) in [5.41, 5.74) is 2.03. The van der Waals surface area contributed by atoms with Gasteiger partial charge in [0.2, 0.25) is 0 Å². The van der Waals surface area contributed by atoms with E-state index in [2.05, 4.69) is 9.98 Å². The van der Waals surface area contributed by atoms with E-state index in [0.29, 0.717) is 6.61 Å². The first-order valence-electron chi connectivity index (χ1n) is 4.47. The van der Waals surface area contributed by atoms with Gasteiger partial charge in [-0.3, -0.25) is 4.98 Å². The Hall–Kier alpha value is -1.38. The Morgan fingerprint density at radius 3 is 2.92 bits per heavy atom. The highest BCUT2D eigenvalue weighted by Crippen LogP contribution is 2.22. The third kappa shape index (κ3) is 2.28. The Labute approximate surface area is 78.5 Å². The van der Waals surface area contributed by atoms with Crippen LogP contribution < -0.4 is 0 Å². The lowest BCUT2D eigenvalue weighted by Crippen LogP contribution is -2.05. The van der Waals surface area contributed by atoms with Crippen molar-refractivity contribution in [1.82, 2.24) is 4.98 Å². The predicted molar refractivity (Wildman–Crippen MR) is 53.1 cm³/mol. The van der Waals surface area contributed by atoms with Gasteiger partial charge in [-0.15, -0.1) is 0 Å². The minimum atomic E-state index is 0.596. The predicted octanol–water partition coefficient (Wildman–Crippen LogP) is 2.69. The molecule has 2 heterocycles. The number of hydrogen-bond acceptors (Lipinski definition) is 3.